The summed E-state index contributed by atoms with van der Waals surface area (Å²) in [7, 11) is -2.69. The molecule has 0 saturated heterocycles. The van der Waals surface area contributed by atoms with Crippen LogP contribution in [0, 0.1) is 0 Å². The highest BCUT2D eigenvalue weighted by Gasteiger charge is 2.05. The van der Waals surface area contributed by atoms with Crippen molar-refractivity contribution in [2.45, 2.75) is 17.9 Å². The predicted octanol–water partition coefficient (Wildman–Crippen LogP) is 0.440. The quantitative estimate of drug-likeness (QED) is 0.591. The van der Waals surface area contributed by atoms with Gasteiger partial charge in [-0.1, -0.05) is 18.2 Å². The topological polar surface area (TPSA) is 107 Å². The van der Waals surface area contributed by atoms with Crippen LogP contribution < -0.4 is 5.73 Å². The maximum atomic E-state index is 10.4. The van der Waals surface area contributed by atoms with E-state index in [0.717, 1.165) is 0 Å². The van der Waals surface area contributed by atoms with Crippen LogP contribution in [0.25, 0.3) is 0 Å². The Morgan fingerprint density at radius 3 is 2.00 bits per heavy atom. The van der Waals surface area contributed by atoms with E-state index in [-0.39, 0.29) is 10.9 Å². The Hall–Kier alpha value is -1.44. The van der Waals surface area contributed by atoms with Crippen LogP contribution in [-0.4, -0.2) is 32.1 Å². The Balaban J connectivity index is 0.000000325. The summed E-state index contributed by atoms with van der Waals surface area (Å²) in [5.41, 5.74) is 5.07. The van der Waals surface area contributed by atoms with E-state index in [0.29, 0.717) is 0 Å². The average molecular weight is 261 g/mol. The largest absolute Gasteiger partial charge is 0.468 e. The van der Waals surface area contributed by atoms with E-state index >= 15 is 0 Å². The van der Waals surface area contributed by atoms with Gasteiger partial charge in [-0.05, 0) is 19.1 Å². The van der Waals surface area contributed by atoms with Crippen molar-refractivity contribution in [1.82, 2.24) is 0 Å². The van der Waals surface area contributed by atoms with Crippen LogP contribution >= 0.6 is 0 Å². The van der Waals surface area contributed by atoms with Crippen molar-refractivity contribution in [3.63, 3.8) is 0 Å². The Kier molecular flexibility index (Phi) is 6.40. The maximum absolute atomic E-state index is 10.4. The smallest absolute Gasteiger partial charge is 0.322 e. The van der Waals surface area contributed by atoms with Crippen LogP contribution in [0.3, 0.4) is 0 Å². The monoisotopic (exact) mass is 261 g/mol. The van der Waals surface area contributed by atoms with Crippen molar-refractivity contribution in [3.05, 3.63) is 30.3 Å². The van der Waals surface area contributed by atoms with E-state index in [1.54, 1.807) is 25.1 Å². The van der Waals surface area contributed by atoms with E-state index in [2.05, 4.69) is 4.74 Å². The van der Waals surface area contributed by atoms with Crippen LogP contribution in [0.5, 0.6) is 0 Å². The molecule has 1 atom stereocenters. The number of ether oxygens (including phenoxy) is 1. The summed E-state index contributed by atoms with van der Waals surface area (Å²) in [5, 5.41) is 0. The second kappa shape index (κ2) is 7.00. The van der Waals surface area contributed by atoms with Gasteiger partial charge in [-0.3, -0.25) is 9.35 Å². The lowest BCUT2D eigenvalue weighted by molar-refractivity contribution is -0.141. The molecule has 1 aromatic rings. The number of nitrogens with two attached hydrogens (primary N) is 1. The molecule has 17 heavy (non-hydrogen) atoms. The van der Waals surface area contributed by atoms with Gasteiger partial charge in [-0.15, -0.1) is 0 Å². The molecular formula is C10H15NO5S. The fourth-order valence-corrected chi connectivity index (χ4v) is 1.28. The molecule has 0 radical (unpaired) electrons. The zero-order valence-corrected chi connectivity index (χ0v) is 10.3. The summed E-state index contributed by atoms with van der Waals surface area (Å²) in [5.74, 6) is -0.375. The molecule has 0 amide bonds. The molecule has 7 heteroatoms. The highest BCUT2D eigenvalue weighted by Crippen LogP contribution is 2.05. The molecule has 96 valence electrons. The number of esters is 1. The van der Waals surface area contributed by atoms with Gasteiger partial charge >= 0.3 is 5.97 Å². The van der Waals surface area contributed by atoms with Gasteiger partial charge in [0, 0.05) is 0 Å². The molecule has 0 aromatic heterocycles. The number of methoxy groups -OCH3 is 1. The molecule has 3 N–H and O–H groups in total. The number of hydrogen-bond donors (Lipinski definition) is 2. The minimum atomic E-state index is -4.00. The molecule has 0 aliphatic heterocycles. The third-order valence-corrected chi connectivity index (χ3v) is 2.48. The third kappa shape index (κ3) is 6.67. The van der Waals surface area contributed by atoms with Gasteiger partial charge in [0.2, 0.25) is 0 Å². The van der Waals surface area contributed by atoms with Crippen molar-refractivity contribution in [3.8, 4) is 0 Å². The zero-order chi connectivity index (χ0) is 13.5. The molecule has 1 aromatic carbocycles. The van der Waals surface area contributed by atoms with Gasteiger partial charge in [-0.2, -0.15) is 8.42 Å². The number of rotatable bonds is 2. The molecular weight excluding hydrogens is 246 g/mol. The molecule has 1 rings (SSSR count). The highest BCUT2D eigenvalue weighted by atomic mass is 32.2. The van der Waals surface area contributed by atoms with Crippen molar-refractivity contribution in [2.24, 2.45) is 5.73 Å². The minimum Gasteiger partial charge on any atom is -0.468 e. The van der Waals surface area contributed by atoms with Crippen molar-refractivity contribution in [1.29, 1.82) is 0 Å². The normalized spacial score (nSPS) is 12.0. The van der Waals surface area contributed by atoms with Crippen molar-refractivity contribution >= 4 is 16.1 Å². The van der Waals surface area contributed by atoms with Gasteiger partial charge in [0.25, 0.3) is 10.1 Å². The van der Waals surface area contributed by atoms with E-state index < -0.39 is 16.2 Å². The predicted molar refractivity (Wildman–Crippen MR) is 61.9 cm³/mol. The molecule has 0 fully saturated rings. The Morgan fingerprint density at radius 1 is 1.35 bits per heavy atom. The van der Waals surface area contributed by atoms with Gasteiger partial charge in [0.15, 0.2) is 0 Å². The van der Waals surface area contributed by atoms with Gasteiger partial charge in [0.05, 0.1) is 12.0 Å². The second-order valence-corrected chi connectivity index (χ2v) is 4.52. The SMILES string of the molecule is COC(=O)[C@H](C)N.O=S(=O)(O)c1ccccc1. The Morgan fingerprint density at radius 2 is 1.82 bits per heavy atom. The fraction of sp³-hybridized carbons (Fsp3) is 0.300. The summed E-state index contributed by atoms with van der Waals surface area (Å²) < 4.78 is 33.5. The number of hydrogen-bond acceptors (Lipinski definition) is 5. The van der Waals surface area contributed by atoms with Gasteiger partial charge < -0.3 is 10.5 Å². The van der Waals surface area contributed by atoms with E-state index in [4.69, 9.17) is 10.3 Å². The van der Waals surface area contributed by atoms with Crippen LogP contribution in [0.2, 0.25) is 0 Å². The van der Waals surface area contributed by atoms with E-state index in [1.807, 2.05) is 0 Å². The average Bonchev–Trinajstić information content (AvgIpc) is 2.28. The summed E-state index contributed by atoms with van der Waals surface area (Å²) in [6.45, 7) is 1.58. The first-order valence-electron chi connectivity index (χ1n) is 4.65. The molecule has 6 nitrogen and oxygen atoms in total. The third-order valence-electron chi connectivity index (χ3n) is 1.61. The first-order chi connectivity index (χ1) is 7.79. The lowest BCUT2D eigenvalue weighted by atomic mass is 10.4. The molecule has 0 unspecified atom stereocenters. The van der Waals surface area contributed by atoms with Gasteiger partial charge in [-0.25, -0.2) is 0 Å². The Bertz CT molecular complexity index is 441. The molecule has 0 aliphatic rings. The fourth-order valence-electron chi connectivity index (χ4n) is 0.778. The van der Waals surface area contributed by atoms with E-state index in [9.17, 15) is 13.2 Å². The zero-order valence-electron chi connectivity index (χ0n) is 9.53. The molecule has 0 heterocycles. The van der Waals surface area contributed by atoms with Crippen molar-refractivity contribution in [2.75, 3.05) is 7.11 Å². The number of carbonyl (C=O) groups is 1. The highest BCUT2D eigenvalue weighted by molar-refractivity contribution is 7.85. The number of carbonyl (C=O) groups excluding carboxylic acids is 1. The molecule has 0 bridgehead atoms. The second-order valence-electron chi connectivity index (χ2n) is 3.10. The first kappa shape index (κ1) is 15.6. The first-order valence-corrected chi connectivity index (χ1v) is 6.09. The standard InChI is InChI=1S/C6H6O3S.C4H9NO2/c7-10(8,9)6-4-2-1-3-5-6;1-3(5)4(6)7-2/h1-5H,(H,7,8,9);3H,5H2,1-2H3/t;3-/m.0/s1. The lowest BCUT2D eigenvalue weighted by Gasteiger charge is -1.98. The maximum Gasteiger partial charge on any atom is 0.322 e. The minimum absolute atomic E-state index is 0.0741. The van der Waals surface area contributed by atoms with Crippen LogP contribution in [0.15, 0.2) is 35.2 Å². The molecule has 0 spiro atoms. The van der Waals surface area contributed by atoms with Crippen LogP contribution in [-0.2, 0) is 19.6 Å². The lowest BCUT2D eigenvalue weighted by Crippen LogP contribution is -2.27. The van der Waals surface area contributed by atoms with Gasteiger partial charge in [0.1, 0.15) is 6.04 Å². The Labute approximate surface area is 100 Å². The number of benzene rings is 1. The summed E-state index contributed by atoms with van der Waals surface area (Å²) in [4.78, 5) is 10.1. The summed E-state index contributed by atoms with van der Waals surface area (Å²) in [6.07, 6.45) is 0. The van der Waals surface area contributed by atoms with Crippen LogP contribution in [0.4, 0.5) is 0 Å². The summed E-state index contributed by atoms with van der Waals surface area (Å²) in [6, 6.07) is 6.93. The molecule has 0 saturated carbocycles. The van der Waals surface area contributed by atoms with Crippen molar-refractivity contribution < 1.29 is 22.5 Å². The van der Waals surface area contributed by atoms with E-state index in [1.165, 1.54) is 19.2 Å². The summed E-state index contributed by atoms with van der Waals surface area (Å²) >= 11 is 0. The van der Waals surface area contributed by atoms with Crippen LogP contribution in [0.1, 0.15) is 6.92 Å². The molecule has 0 aliphatic carbocycles.